The number of para-hydroxylation sites is 3. The summed E-state index contributed by atoms with van der Waals surface area (Å²) in [5.41, 5.74) is 15.2. The Hall–Kier alpha value is -4.24. The van der Waals surface area contributed by atoms with Crippen LogP contribution in [0.5, 0.6) is 0 Å². The molecule has 0 radical (unpaired) electrons. The lowest BCUT2D eigenvalue weighted by Crippen LogP contribution is -2.61. The highest BCUT2D eigenvalue weighted by molar-refractivity contribution is 7.00. The van der Waals surface area contributed by atoms with Gasteiger partial charge in [-0.15, -0.1) is 0 Å². The largest absolute Gasteiger partial charge is 0.311 e. The minimum Gasteiger partial charge on any atom is -0.311 e. The summed E-state index contributed by atoms with van der Waals surface area (Å²) in [6, 6.07) is 44.3. The highest BCUT2D eigenvalue weighted by Crippen LogP contribution is 2.47. The zero-order chi connectivity index (χ0) is 30.5. The molecule has 2 saturated carbocycles. The van der Waals surface area contributed by atoms with Crippen molar-refractivity contribution >= 4 is 57.2 Å². The minimum atomic E-state index is 0.194. The van der Waals surface area contributed by atoms with E-state index in [1.165, 1.54) is 132 Å². The van der Waals surface area contributed by atoms with Crippen molar-refractivity contribution in [3.05, 3.63) is 126 Å². The molecule has 2 nitrogen and oxygen atoms in total. The van der Waals surface area contributed by atoms with Crippen molar-refractivity contribution < 1.29 is 0 Å². The van der Waals surface area contributed by atoms with Crippen LogP contribution in [-0.4, -0.2) is 6.71 Å². The summed E-state index contributed by atoms with van der Waals surface area (Å²) in [4.78, 5) is 5.19. The van der Waals surface area contributed by atoms with E-state index in [0.29, 0.717) is 11.8 Å². The zero-order valence-electron chi connectivity index (χ0n) is 26.9. The summed E-state index contributed by atoms with van der Waals surface area (Å²) in [7, 11) is 0. The number of hydrogen-bond acceptors (Lipinski definition) is 2. The van der Waals surface area contributed by atoms with Crippen LogP contribution in [0, 0.1) is 0 Å². The van der Waals surface area contributed by atoms with Crippen LogP contribution in [0.25, 0.3) is 0 Å². The molecule has 0 bridgehead atoms. The van der Waals surface area contributed by atoms with Crippen LogP contribution in [0.15, 0.2) is 115 Å². The smallest absolute Gasteiger partial charge is 0.252 e. The van der Waals surface area contributed by atoms with Crippen molar-refractivity contribution in [1.82, 2.24) is 0 Å². The average molecular weight is 599 g/mol. The van der Waals surface area contributed by atoms with E-state index >= 15 is 0 Å². The first-order valence-electron chi connectivity index (χ1n) is 18.0. The molecular weight excluding hydrogens is 555 g/mol. The molecule has 46 heavy (non-hydrogen) atoms. The Kier molecular flexibility index (Phi) is 7.22. The normalized spacial score (nSPS) is 18.0. The van der Waals surface area contributed by atoms with E-state index in [4.69, 9.17) is 0 Å². The maximum absolute atomic E-state index is 2.63. The van der Waals surface area contributed by atoms with E-state index in [9.17, 15) is 0 Å². The van der Waals surface area contributed by atoms with E-state index in [0.717, 1.165) is 0 Å². The van der Waals surface area contributed by atoms with Crippen molar-refractivity contribution in [2.45, 2.75) is 82.5 Å². The molecule has 0 amide bonds. The molecule has 5 aromatic rings. The van der Waals surface area contributed by atoms with E-state index in [1.54, 1.807) is 0 Å². The van der Waals surface area contributed by atoms with Crippen LogP contribution >= 0.6 is 0 Å². The fourth-order valence-corrected chi connectivity index (χ4v) is 9.25. The van der Waals surface area contributed by atoms with Gasteiger partial charge >= 0.3 is 0 Å². The SMILES string of the molecule is c1ccc(N2c3ccccc3B3c4ccccc4N(c4cccc(C5CCCCCC5)c4)c4cc(C5CCCCC5)cc2c43)cc1. The fraction of sp³-hybridized carbons (Fsp3) is 0.302. The fourth-order valence-electron chi connectivity index (χ4n) is 9.25. The second-order valence-electron chi connectivity index (χ2n) is 14.1. The van der Waals surface area contributed by atoms with Crippen molar-refractivity contribution in [3.8, 4) is 0 Å². The van der Waals surface area contributed by atoms with Gasteiger partial charge in [-0.25, -0.2) is 0 Å². The van der Waals surface area contributed by atoms with E-state index in [1.807, 2.05) is 0 Å². The summed E-state index contributed by atoms with van der Waals surface area (Å²) in [6.07, 6.45) is 14.7. The lowest BCUT2D eigenvalue weighted by molar-refractivity contribution is 0.444. The van der Waals surface area contributed by atoms with Crippen LogP contribution in [0.1, 0.15) is 93.6 Å². The third-order valence-electron chi connectivity index (χ3n) is 11.5. The highest BCUT2D eigenvalue weighted by Gasteiger charge is 2.43. The van der Waals surface area contributed by atoms with Gasteiger partial charge in [-0.1, -0.05) is 112 Å². The average Bonchev–Trinajstić information content (AvgIpc) is 3.42. The Morgan fingerprint density at radius 1 is 0.413 bits per heavy atom. The van der Waals surface area contributed by atoms with Gasteiger partial charge in [0.05, 0.1) is 0 Å². The third-order valence-corrected chi connectivity index (χ3v) is 11.5. The molecule has 0 saturated heterocycles. The van der Waals surface area contributed by atoms with Crippen LogP contribution in [0.2, 0.25) is 0 Å². The van der Waals surface area contributed by atoms with E-state index < -0.39 is 0 Å². The number of hydrogen-bond donors (Lipinski definition) is 0. The Labute approximate surface area is 275 Å². The van der Waals surface area contributed by atoms with E-state index in [-0.39, 0.29) is 6.71 Å². The standard InChI is InChI=1S/C43H43BN2/c1-2-6-17-31(16-5-1)33-20-15-23-36(28-33)46-40-27-14-12-25-38(40)44-37-24-11-13-26-39(37)45(35-21-9-4-10-22-35)41-29-34(30-42(46)43(41)44)32-18-7-3-8-19-32/h4,9-15,20-32H,1-3,5-8,16-19H2. The molecule has 0 unspecified atom stereocenters. The molecule has 3 heteroatoms. The van der Waals surface area contributed by atoms with Crippen molar-refractivity contribution in [3.63, 3.8) is 0 Å². The van der Waals surface area contributed by atoms with Gasteiger partial charge in [0, 0.05) is 34.1 Å². The summed E-state index contributed by atoms with van der Waals surface area (Å²) >= 11 is 0. The molecule has 0 aromatic heterocycles. The zero-order valence-corrected chi connectivity index (χ0v) is 26.9. The van der Waals surface area contributed by atoms with Gasteiger partial charge < -0.3 is 9.80 Å². The minimum absolute atomic E-state index is 0.194. The number of benzene rings is 5. The molecule has 0 N–H and O–H groups in total. The van der Waals surface area contributed by atoms with Gasteiger partial charge in [0.2, 0.25) is 0 Å². The Morgan fingerprint density at radius 2 is 0.913 bits per heavy atom. The van der Waals surface area contributed by atoms with Crippen LogP contribution in [-0.2, 0) is 0 Å². The third kappa shape index (κ3) is 4.70. The summed E-state index contributed by atoms with van der Waals surface area (Å²) in [6.45, 7) is 0.194. The highest BCUT2D eigenvalue weighted by atomic mass is 15.2. The topological polar surface area (TPSA) is 6.48 Å². The Bertz CT molecular complexity index is 1870. The first-order valence-corrected chi connectivity index (χ1v) is 18.0. The number of fused-ring (bicyclic) bond motifs is 4. The van der Waals surface area contributed by atoms with E-state index in [2.05, 4.69) is 125 Å². The molecule has 0 atom stereocenters. The van der Waals surface area contributed by atoms with Gasteiger partial charge in [0.15, 0.2) is 0 Å². The number of anilines is 6. The van der Waals surface area contributed by atoms with Gasteiger partial charge in [-0.3, -0.25) is 0 Å². The molecule has 0 spiro atoms. The molecule has 9 rings (SSSR count). The van der Waals surface area contributed by atoms with Gasteiger partial charge in [-0.2, -0.15) is 0 Å². The quantitative estimate of drug-likeness (QED) is 0.147. The van der Waals surface area contributed by atoms with Gasteiger partial charge in [0.1, 0.15) is 0 Å². The molecule has 228 valence electrons. The summed E-state index contributed by atoms with van der Waals surface area (Å²) < 4.78 is 0. The van der Waals surface area contributed by atoms with Crippen molar-refractivity contribution in [2.24, 2.45) is 0 Å². The van der Waals surface area contributed by atoms with Crippen LogP contribution < -0.4 is 26.2 Å². The lowest BCUT2D eigenvalue weighted by atomic mass is 9.33. The predicted molar refractivity (Wildman–Crippen MR) is 197 cm³/mol. The molecule has 2 heterocycles. The maximum atomic E-state index is 2.63. The van der Waals surface area contributed by atoms with Crippen molar-refractivity contribution in [1.29, 1.82) is 0 Å². The van der Waals surface area contributed by atoms with Crippen LogP contribution in [0.3, 0.4) is 0 Å². The summed E-state index contributed by atoms with van der Waals surface area (Å²) in [5, 5.41) is 0. The van der Waals surface area contributed by atoms with Gasteiger partial charge in [0.25, 0.3) is 6.71 Å². The molecule has 4 aliphatic rings. The van der Waals surface area contributed by atoms with Crippen LogP contribution in [0.4, 0.5) is 34.1 Å². The van der Waals surface area contributed by atoms with Crippen molar-refractivity contribution in [2.75, 3.05) is 9.80 Å². The first-order chi connectivity index (χ1) is 22.8. The first kappa shape index (κ1) is 28.0. The second-order valence-corrected chi connectivity index (χ2v) is 14.1. The Morgan fingerprint density at radius 3 is 1.54 bits per heavy atom. The maximum Gasteiger partial charge on any atom is 0.252 e. The Balaban J connectivity index is 1.31. The molecule has 5 aromatic carbocycles. The number of nitrogens with zero attached hydrogens (tertiary/aromatic N) is 2. The summed E-state index contributed by atoms with van der Waals surface area (Å²) in [5.74, 6) is 1.28. The molecular formula is C43H43BN2. The van der Waals surface area contributed by atoms with Gasteiger partial charge in [-0.05, 0) is 114 Å². The lowest BCUT2D eigenvalue weighted by Gasteiger charge is -2.45. The molecule has 2 aliphatic carbocycles. The molecule has 2 fully saturated rings. The predicted octanol–water partition coefficient (Wildman–Crippen LogP) is 10.3. The number of rotatable bonds is 4. The second kappa shape index (κ2) is 11.8. The molecule has 2 aliphatic heterocycles. The monoisotopic (exact) mass is 598 g/mol.